The molecule has 0 radical (unpaired) electrons. The molecule has 5 heteroatoms. The minimum Gasteiger partial charge on any atom is -0.491 e. The number of rotatable bonds is 9. The molecule has 28 heavy (non-hydrogen) atoms. The number of ether oxygens (including phenoxy) is 1. The van der Waals surface area contributed by atoms with Gasteiger partial charge in [0.15, 0.2) is 0 Å². The number of nitrogens with one attached hydrogen (secondary N) is 2. The molecule has 0 aliphatic rings. The van der Waals surface area contributed by atoms with Crippen molar-refractivity contribution in [3.63, 3.8) is 0 Å². The number of anilines is 2. The van der Waals surface area contributed by atoms with Gasteiger partial charge in [0.1, 0.15) is 11.6 Å². The van der Waals surface area contributed by atoms with Crippen LogP contribution in [0.15, 0.2) is 78.9 Å². The van der Waals surface area contributed by atoms with Crippen LogP contribution in [-0.4, -0.2) is 19.1 Å². The summed E-state index contributed by atoms with van der Waals surface area (Å²) in [5, 5.41) is 5.60. The topological polar surface area (TPSA) is 50.4 Å². The maximum absolute atomic E-state index is 13.6. The van der Waals surface area contributed by atoms with E-state index in [9.17, 15) is 9.18 Å². The zero-order valence-corrected chi connectivity index (χ0v) is 15.5. The molecule has 0 unspecified atom stereocenters. The van der Waals surface area contributed by atoms with Crippen LogP contribution < -0.4 is 15.4 Å². The van der Waals surface area contributed by atoms with Crippen molar-refractivity contribution in [2.45, 2.75) is 12.8 Å². The standard InChI is InChI=1S/C23H23FN2O2/c24-19-12-4-5-13-20(19)26-23(27)17-25-21-14-6-7-15-22(21)28-16-8-11-18-9-2-1-3-10-18/h1-7,9-10,12-15,25H,8,11,16-17H2,(H,26,27). The second kappa shape index (κ2) is 10.1. The number of amides is 1. The maximum atomic E-state index is 13.6. The van der Waals surface area contributed by atoms with Gasteiger partial charge in [-0.1, -0.05) is 54.6 Å². The fourth-order valence-electron chi connectivity index (χ4n) is 2.77. The molecule has 0 fully saturated rings. The van der Waals surface area contributed by atoms with Crippen LogP contribution in [0.1, 0.15) is 12.0 Å². The summed E-state index contributed by atoms with van der Waals surface area (Å²) in [6.45, 7) is 0.591. The predicted octanol–water partition coefficient (Wildman–Crippen LogP) is 4.89. The maximum Gasteiger partial charge on any atom is 0.243 e. The molecule has 3 aromatic rings. The lowest BCUT2D eigenvalue weighted by Crippen LogP contribution is -2.22. The first-order chi connectivity index (χ1) is 13.7. The first kappa shape index (κ1) is 19.4. The third-order valence-electron chi connectivity index (χ3n) is 4.18. The Labute approximate surface area is 164 Å². The Morgan fingerprint density at radius 2 is 1.54 bits per heavy atom. The molecule has 0 spiro atoms. The summed E-state index contributed by atoms with van der Waals surface area (Å²) >= 11 is 0. The molecule has 3 aromatic carbocycles. The number of carbonyl (C=O) groups excluding carboxylic acids is 1. The van der Waals surface area contributed by atoms with Crippen LogP contribution in [0.5, 0.6) is 5.75 Å². The zero-order valence-electron chi connectivity index (χ0n) is 15.5. The van der Waals surface area contributed by atoms with Crippen molar-refractivity contribution in [1.82, 2.24) is 0 Å². The van der Waals surface area contributed by atoms with E-state index in [1.54, 1.807) is 12.1 Å². The minimum absolute atomic E-state index is 0.0126. The molecule has 144 valence electrons. The number of aryl methyl sites for hydroxylation is 1. The summed E-state index contributed by atoms with van der Waals surface area (Å²) in [5.74, 6) is -0.101. The van der Waals surface area contributed by atoms with E-state index < -0.39 is 5.82 Å². The summed E-state index contributed by atoms with van der Waals surface area (Å²) in [4.78, 5) is 12.1. The molecule has 3 rings (SSSR count). The van der Waals surface area contributed by atoms with Crippen LogP contribution in [0.4, 0.5) is 15.8 Å². The third kappa shape index (κ3) is 5.84. The number of halogens is 1. The number of carbonyl (C=O) groups is 1. The molecular formula is C23H23FN2O2. The molecule has 0 bridgehead atoms. The summed E-state index contributed by atoms with van der Waals surface area (Å²) in [6, 6.07) is 23.8. The molecule has 2 N–H and O–H groups in total. The van der Waals surface area contributed by atoms with Crippen molar-refractivity contribution in [3.8, 4) is 5.75 Å². The molecule has 4 nitrogen and oxygen atoms in total. The second-order valence-electron chi connectivity index (χ2n) is 6.32. The first-order valence-electron chi connectivity index (χ1n) is 9.26. The fourth-order valence-corrected chi connectivity index (χ4v) is 2.77. The number of para-hydroxylation sites is 3. The van der Waals surface area contributed by atoms with Gasteiger partial charge in [-0.2, -0.15) is 0 Å². The van der Waals surface area contributed by atoms with Gasteiger partial charge in [-0.15, -0.1) is 0 Å². The van der Waals surface area contributed by atoms with Gasteiger partial charge in [-0.3, -0.25) is 4.79 Å². The van der Waals surface area contributed by atoms with E-state index in [1.807, 2.05) is 42.5 Å². The van der Waals surface area contributed by atoms with Gasteiger partial charge in [0.2, 0.25) is 5.91 Å². The predicted molar refractivity (Wildman–Crippen MR) is 110 cm³/mol. The van der Waals surface area contributed by atoms with Crippen LogP contribution in [0.2, 0.25) is 0 Å². The van der Waals surface area contributed by atoms with Crippen molar-refractivity contribution < 1.29 is 13.9 Å². The van der Waals surface area contributed by atoms with E-state index in [0.29, 0.717) is 12.4 Å². The molecule has 0 aliphatic carbocycles. The number of benzene rings is 3. The van der Waals surface area contributed by atoms with Crippen molar-refractivity contribution in [1.29, 1.82) is 0 Å². The smallest absolute Gasteiger partial charge is 0.243 e. The SMILES string of the molecule is O=C(CNc1ccccc1OCCCc1ccccc1)Nc1ccccc1F. The Morgan fingerprint density at radius 1 is 0.857 bits per heavy atom. The Kier molecular flexibility index (Phi) is 7.01. The van der Waals surface area contributed by atoms with Crippen molar-refractivity contribution >= 4 is 17.3 Å². The molecule has 0 atom stereocenters. The monoisotopic (exact) mass is 378 g/mol. The average Bonchev–Trinajstić information content (AvgIpc) is 2.73. The zero-order chi connectivity index (χ0) is 19.6. The summed E-state index contributed by atoms with van der Waals surface area (Å²) in [7, 11) is 0. The lowest BCUT2D eigenvalue weighted by atomic mass is 10.1. The van der Waals surface area contributed by atoms with Crippen LogP contribution >= 0.6 is 0 Å². The van der Waals surface area contributed by atoms with Crippen LogP contribution in [0, 0.1) is 5.82 Å². The van der Waals surface area contributed by atoms with Crippen LogP contribution in [-0.2, 0) is 11.2 Å². The quantitative estimate of drug-likeness (QED) is 0.521. The largest absolute Gasteiger partial charge is 0.491 e. The Balaban J connectivity index is 1.48. The third-order valence-corrected chi connectivity index (χ3v) is 4.18. The van der Waals surface area contributed by atoms with Crippen LogP contribution in [0.25, 0.3) is 0 Å². The van der Waals surface area contributed by atoms with E-state index >= 15 is 0 Å². The summed E-state index contributed by atoms with van der Waals surface area (Å²) in [5.41, 5.74) is 2.17. The van der Waals surface area contributed by atoms with Crippen LogP contribution in [0.3, 0.4) is 0 Å². The average molecular weight is 378 g/mol. The van der Waals surface area contributed by atoms with E-state index in [4.69, 9.17) is 4.74 Å². The minimum atomic E-state index is -0.460. The highest BCUT2D eigenvalue weighted by atomic mass is 19.1. The summed E-state index contributed by atoms with van der Waals surface area (Å²) in [6.07, 6.45) is 1.84. The van der Waals surface area contributed by atoms with Crippen molar-refractivity contribution in [3.05, 3.63) is 90.2 Å². The van der Waals surface area contributed by atoms with Gasteiger partial charge >= 0.3 is 0 Å². The number of hydrogen-bond acceptors (Lipinski definition) is 3. The van der Waals surface area contributed by atoms with E-state index in [1.165, 1.54) is 17.7 Å². The Hall–Kier alpha value is -3.34. The molecule has 0 aliphatic heterocycles. The van der Waals surface area contributed by atoms with Gasteiger partial charge in [0.05, 0.1) is 24.5 Å². The highest BCUT2D eigenvalue weighted by Gasteiger charge is 2.08. The Bertz CT molecular complexity index is 900. The molecule has 0 aromatic heterocycles. The lowest BCUT2D eigenvalue weighted by molar-refractivity contribution is -0.114. The van der Waals surface area contributed by atoms with Gasteiger partial charge in [0, 0.05) is 0 Å². The summed E-state index contributed by atoms with van der Waals surface area (Å²) < 4.78 is 19.5. The molecular weight excluding hydrogens is 355 g/mol. The first-order valence-corrected chi connectivity index (χ1v) is 9.26. The molecule has 0 saturated carbocycles. The van der Waals surface area contributed by atoms with Crippen molar-refractivity contribution in [2.75, 3.05) is 23.8 Å². The van der Waals surface area contributed by atoms with Gasteiger partial charge in [0.25, 0.3) is 0 Å². The molecule has 0 heterocycles. The van der Waals surface area contributed by atoms with Gasteiger partial charge in [-0.05, 0) is 42.7 Å². The molecule has 0 saturated heterocycles. The number of hydrogen-bond donors (Lipinski definition) is 2. The molecule has 1 amide bonds. The van der Waals surface area contributed by atoms with E-state index in [0.717, 1.165) is 18.5 Å². The van der Waals surface area contributed by atoms with E-state index in [-0.39, 0.29) is 18.1 Å². The second-order valence-corrected chi connectivity index (χ2v) is 6.32. The van der Waals surface area contributed by atoms with Crippen molar-refractivity contribution in [2.24, 2.45) is 0 Å². The van der Waals surface area contributed by atoms with Gasteiger partial charge in [-0.25, -0.2) is 4.39 Å². The highest BCUT2D eigenvalue weighted by molar-refractivity contribution is 5.94. The highest BCUT2D eigenvalue weighted by Crippen LogP contribution is 2.24. The fraction of sp³-hybridized carbons (Fsp3) is 0.174. The normalized spacial score (nSPS) is 10.3. The lowest BCUT2D eigenvalue weighted by Gasteiger charge is -2.13. The Morgan fingerprint density at radius 3 is 2.32 bits per heavy atom. The van der Waals surface area contributed by atoms with Gasteiger partial charge < -0.3 is 15.4 Å². The van der Waals surface area contributed by atoms with E-state index in [2.05, 4.69) is 22.8 Å².